The van der Waals surface area contributed by atoms with E-state index in [2.05, 4.69) is 22.8 Å². The van der Waals surface area contributed by atoms with Crippen molar-refractivity contribution in [2.45, 2.75) is 39.0 Å². The summed E-state index contributed by atoms with van der Waals surface area (Å²) in [4.78, 5) is 26.2. The van der Waals surface area contributed by atoms with Gasteiger partial charge in [0.15, 0.2) is 0 Å². The number of anilines is 2. The molecule has 3 rings (SSSR count). The van der Waals surface area contributed by atoms with Gasteiger partial charge in [0, 0.05) is 30.9 Å². The molecule has 0 unspecified atom stereocenters. The molecule has 0 fully saturated rings. The molecule has 1 aliphatic rings. The first-order valence-corrected chi connectivity index (χ1v) is 9.69. The van der Waals surface area contributed by atoms with E-state index >= 15 is 0 Å². The number of hydrogen-bond acceptors (Lipinski definition) is 2. The summed E-state index contributed by atoms with van der Waals surface area (Å²) in [5.41, 5.74) is 4.08. The molecular formula is C22H27N3O2. The maximum absolute atomic E-state index is 12.2. The lowest BCUT2D eigenvalue weighted by Gasteiger charge is -2.29. The number of nitrogens with one attached hydrogen (secondary N) is 2. The average molecular weight is 365 g/mol. The van der Waals surface area contributed by atoms with Gasteiger partial charge in [-0.2, -0.15) is 0 Å². The Hall–Kier alpha value is -2.82. The minimum absolute atomic E-state index is 0.124. The lowest BCUT2D eigenvalue weighted by molar-refractivity contribution is -0.118. The molecule has 2 aromatic rings. The number of rotatable bonds is 6. The van der Waals surface area contributed by atoms with Crippen LogP contribution < -0.4 is 15.5 Å². The molecule has 2 N–H and O–H groups in total. The summed E-state index contributed by atoms with van der Waals surface area (Å²) in [6.45, 7) is 3.24. The molecule has 0 atom stereocenters. The maximum Gasteiger partial charge on any atom is 0.319 e. The second-order valence-electron chi connectivity index (χ2n) is 6.82. The molecule has 5 heteroatoms. The van der Waals surface area contributed by atoms with Crippen molar-refractivity contribution in [3.8, 4) is 0 Å². The summed E-state index contributed by atoms with van der Waals surface area (Å²) in [7, 11) is 0. The van der Waals surface area contributed by atoms with Crippen LogP contribution in [0.5, 0.6) is 0 Å². The van der Waals surface area contributed by atoms with E-state index in [-0.39, 0.29) is 11.9 Å². The van der Waals surface area contributed by atoms with Crippen molar-refractivity contribution in [2.24, 2.45) is 0 Å². The normalized spacial score (nSPS) is 13.0. The van der Waals surface area contributed by atoms with Gasteiger partial charge in [-0.15, -0.1) is 0 Å². The van der Waals surface area contributed by atoms with E-state index in [1.165, 1.54) is 5.56 Å². The summed E-state index contributed by atoms with van der Waals surface area (Å²) in [5, 5.41) is 5.78. The van der Waals surface area contributed by atoms with Crippen LogP contribution >= 0.6 is 0 Å². The highest BCUT2D eigenvalue weighted by Crippen LogP contribution is 2.30. The number of nitrogens with zero attached hydrogens (tertiary/aromatic N) is 1. The molecule has 0 spiro atoms. The standard InChI is InChI=1S/C22H27N3O2/c1-2-21(26)25-15-7-11-18-12-13-19(16-20(18)25)24-22(27)23-14-6-10-17-8-4-3-5-9-17/h3-5,8-9,12-13,16H,2,6-7,10-11,14-15H2,1H3,(H2,23,24,27). The quantitative estimate of drug-likeness (QED) is 0.756. The monoisotopic (exact) mass is 365 g/mol. The number of benzene rings is 2. The van der Waals surface area contributed by atoms with Crippen LogP contribution in [-0.4, -0.2) is 25.0 Å². The fourth-order valence-electron chi connectivity index (χ4n) is 3.42. The number of urea groups is 1. The maximum atomic E-state index is 12.2. The predicted octanol–water partition coefficient (Wildman–Crippen LogP) is 4.13. The van der Waals surface area contributed by atoms with Gasteiger partial charge in [-0.1, -0.05) is 43.3 Å². The lowest BCUT2D eigenvalue weighted by Crippen LogP contribution is -2.35. The molecule has 2 aromatic carbocycles. The smallest absolute Gasteiger partial charge is 0.319 e. The van der Waals surface area contributed by atoms with Crippen molar-refractivity contribution < 1.29 is 9.59 Å². The van der Waals surface area contributed by atoms with Crippen molar-refractivity contribution in [2.75, 3.05) is 23.3 Å². The van der Waals surface area contributed by atoms with Crippen LogP contribution in [0.2, 0.25) is 0 Å². The Morgan fingerprint density at radius 1 is 1.11 bits per heavy atom. The minimum atomic E-state index is -0.216. The van der Waals surface area contributed by atoms with Crippen LogP contribution in [0.1, 0.15) is 37.3 Å². The van der Waals surface area contributed by atoms with E-state index in [4.69, 9.17) is 0 Å². The number of amides is 3. The SMILES string of the molecule is CCC(=O)N1CCCc2ccc(NC(=O)NCCCc3ccccc3)cc21. The van der Waals surface area contributed by atoms with Crippen molar-refractivity contribution in [1.29, 1.82) is 0 Å². The first kappa shape index (κ1) is 19.0. The number of carbonyl (C=O) groups excluding carboxylic acids is 2. The molecule has 0 bridgehead atoms. The molecule has 27 heavy (non-hydrogen) atoms. The molecule has 0 radical (unpaired) electrons. The summed E-state index contributed by atoms with van der Waals surface area (Å²) >= 11 is 0. The zero-order valence-corrected chi connectivity index (χ0v) is 15.8. The van der Waals surface area contributed by atoms with Crippen molar-refractivity contribution in [1.82, 2.24) is 5.32 Å². The van der Waals surface area contributed by atoms with Crippen LogP contribution in [0.3, 0.4) is 0 Å². The van der Waals surface area contributed by atoms with Crippen LogP contribution in [0.25, 0.3) is 0 Å². The van der Waals surface area contributed by atoms with Crippen LogP contribution in [-0.2, 0) is 17.6 Å². The zero-order valence-electron chi connectivity index (χ0n) is 15.8. The third kappa shape index (κ3) is 5.09. The topological polar surface area (TPSA) is 61.4 Å². The van der Waals surface area contributed by atoms with Gasteiger partial charge in [0.25, 0.3) is 0 Å². The van der Waals surface area contributed by atoms with Gasteiger partial charge < -0.3 is 15.5 Å². The van der Waals surface area contributed by atoms with Gasteiger partial charge in [-0.25, -0.2) is 4.79 Å². The summed E-state index contributed by atoms with van der Waals surface area (Å²) < 4.78 is 0. The predicted molar refractivity (Wildman–Crippen MR) is 109 cm³/mol. The van der Waals surface area contributed by atoms with Gasteiger partial charge >= 0.3 is 6.03 Å². The summed E-state index contributed by atoms with van der Waals surface area (Å²) in [5.74, 6) is 0.124. The van der Waals surface area contributed by atoms with Crippen molar-refractivity contribution in [3.05, 3.63) is 59.7 Å². The molecule has 5 nitrogen and oxygen atoms in total. The van der Waals surface area contributed by atoms with Gasteiger partial charge in [0.2, 0.25) is 5.91 Å². The summed E-state index contributed by atoms with van der Waals surface area (Å²) in [6.07, 6.45) is 4.26. The highest BCUT2D eigenvalue weighted by molar-refractivity contribution is 5.96. The molecule has 0 aromatic heterocycles. The van der Waals surface area contributed by atoms with Gasteiger partial charge in [0.1, 0.15) is 0 Å². The van der Waals surface area contributed by atoms with Gasteiger partial charge in [-0.3, -0.25) is 4.79 Å². The fraction of sp³-hybridized carbons (Fsp3) is 0.364. The Kier molecular flexibility index (Phi) is 6.47. The Morgan fingerprint density at radius 2 is 1.93 bits per heavy atom. The lowest BCUT2D eigenvalue weighted by atomic mass is 10.0. The third-order valence-electron chi connectivity index (χ3n) is 4.84. The first-order valence-electron chi connectivity index (χ1n) is 9.69. The molecule has 142 valence electrons. The zero-order chi connectivity index (χ0) is 19.1. The Labute approximate surface area is 160 Å². The van der Waals surface area contributed by atoms with E-state index in [1.807, 2.05) is 48.2 Å². The molecule has 0 saturated carbocycles. The van der Waals surface area contributed by atoms with Gasteiger partial charge in [0.05, 0.1) is 0 Å². The van der Waals surface area contributed by atoms with Crippen LogP contribution in [0, 0.1) is 0 Å². The Balaban J connectivity index is 1.53. The molecule has 0 aliphatic carbocycles. The second-order valence-corrected chi connectivity index (χ2v) is 6.82. The molecule has 1 aliphatic heterocycles. The molecule has 3 amide bonds. The molecule has 0 saturated heterocycles. The highest BCUT2D eigenvalue weighted by Gasteiger charge is 2.21. The summed E-state index contributed by atoms with van der Waals surface area (Å²) in [6, 6.07) is 15.8. The Bertz CT molecular complexity index is 789. The Morgan fingerprint density at radius 3 is 2.70 bits per heavy atom. The number of aryl methyl sites for hydroxylation is 2. The van der Waals surface area contributed by atoms with E-state index < -0.39 is 0 Å². The first-order chi connectivity index (χ1) is 13.2. The largest absolute Gasteiger partial charge is 0.338 e. The third-order valence-corrected chi connectivity index (χ3v) is 4.84. The van der Waals surface area contributed by atoms with E-state index in [1.54, 1.807) is 0 Å². The van der Waals surface area contributed by atoms with Crippen molar-refractivity contribution in [3.63, 3.8) is 0 Å². The number of hydrogen-bond donors (Lipinski definition) is 2. The minimum Gasteiger partial charge on any atom is -0.338 e. The number of fused-ring (bicyclic) bond motifs is 1. The van der Waals surface area contributed by atoms with E-state index in [0.717, 1.165) is 43.5 Å². The van der Waals surface area contributed by atoms with Gasteiger partial charge in [-0.05, 0) is 48.9 Å². The number of carbonyl (C=O) groups is 2. The second kappa shape index (κ2) is 9.21. The van der Waals surface area contributed by atoms with Crippen molar-refractivity contribution >= 4 is 23.3 Å². The van der Waals surface area contributed by atoms with Crippen LogP contribution in [0.4, 0.5) is 16.2 Å². The molecular weight excluding hydrogens is 338 g/mol. The molecule has 1 heterocycles. The highest BCUT2D eigenvalue weighted by atomic mass is 16.2. The van der Waals surface area contributed by atoms with E-state index in [9.17, 15) is 9.59 Å². The van der Waals surface area contributed by atoms with E-state index in [0.29, 0.717) is 18.7 Å². The average Bonchev–Trinajstić information content (AvgIpc) is 2.71. The van der Waals surface area contributed by atoms with Crippen LogP contribution in [0.15, 0.2) is 48.5 Å². The fourth-order valence-corrected chi connectivity index (χ4v) is 3.42.